The van der Waals surface area contributed by atoms with E-state index in [-0.39, 0.29) is 17.8 Å². The van der Waals surface area contributed by atoms with E-state index in [2.05, 4.69) is 15.6 Å². The minimum atomic E-state index is -0.427. The van der Waals surface area contributed by atoms with Crippen LogP contribution in [0.2, 0.25) is 0 Å². The second-order valence-corrected chi connectivity index (χ2v) is 5.01. The summed E-state index contributed by atoms with van der Waals surface area (Å²) in [6.45, 7) is 1.23. The normalized spacial score (nSPS) is 16.0. The van der Waals surface area contributed by atoms with E-state index < -0.39 is 5.82 Å². The Morgan fingerprint density at radius 2 is 2.05 bits per heavy atom. The van der Waals surface area contributed by atoms with Crippen LogP contribution in [0.5, 0.6) is 0 Å². The highest BCUT2D eigenvalue weighted by molar-refractivity contribution is 5.89. The van der Waals surface area contributed by atoms with E-state index in [1.807, 2.05) is 10.9 Å². The van der Waals surface area contributed by atoms with E-state index in [9.17, 15) is 9.18 Å². The summed E-state index contributed by atoms with van der Waals surface area (Å²) < 4.78 is 15.3. The molecule has 1 aromatic carbocycles. The van der Waals surface area contributed by atoms with Crippen LogP contribution < -0.4 is 5.32 Å². The average molecular weight is 289 g/mol. The van der Waals surface area contributed by atoms with Crippen molar-refractivity contribution >= 4 is 11.7 Å². The molecule has 3 rings (SSSR count). The van der Waals surface area contributed by atoms with E-state index in [0.29, 0.717) is 13.1 Å². The minimum absolute atomic E-state index is 0.209. The van der Waals surface area contributed by atoms with Crippen LogP contribution in [0.1, 0.15) is 18.9 Å². The van der Waals surface area contributed by atoms with Crippen molar-refractivity contribution in [3.05, 3.63) is 42.5 Å². The number of rotatable bonds is 2. The van der Waals surface area contributed by atoms with Crippen LogP contribution in [-0.4, -0.2) is 39.0 Å². The van der Waals surface area contributed by atoms with E-state index >= 15 is 0 Å². The molecule has 2 amide bonds. The van der Waals surface area contributed by atoms with Gasteiger partial charge in [-0.1, -0.05) is 17.3 Å². The maximum absolute atomic E-state index is 13.5. The van der Waals surface area contributed by atoms with Crippen molar-refractivity contribution in [3.63, 3.8) is 0 Å². The van der Waals surface area contributed by atoms with Gasteiger partial charge in [-0.25, -0.2) is 13.9 Å². The minimum Gasteiger partial charge on any atom is -0.324 e. The number of carbonyl (C=O) groups excluding carboxylic acids is 1. The van der Waals surface area contributed by atoms with E-state index in [4.69, 9.17) is 0 Å². The van der Waals surface area contributed by atoms with Gasteiger partial charge < -0.3 is 10.2 Å². The third-order valence-electron chi connectivity index (χ3n) is 3.68. The maximum Gasteiger partial charge on any atom is 0.321 e. The fraction of sp³-hybridized carbons (Fsp3) is 0.357. The average Bonchev–Trinajstić information content (AvgIpc) is 3.04. The highest BCUT2D eigenvalue weighted by Gasteiger charge is 2.24. The number of anilines is 1. The van der Waals surface area contributed by atoms with Gasteiger partial charge in [0.1, 0.15) is 5.82 Å². The number of urea groups is 1. The molecule has 2 aromatic rings. The summed E-state index contributed by atoms with van der Waals surface area (Å²) in [7, 11) is 0. The standard InChI is InChI=1S/C14H16FN5O/c15-12-3-1-2-4-13(12)17-14(21)19-8-5-11(6-9-19)20-10-7-16-18-20/h1-4,7,10-11H,5-6,8-9H2,(H,17,21). The molecule has 110 valence electrons. The molecule has 1 aromatic heterocycles. The zero-order valence-electron chi connectivity index (χ0n) is 11.4. The molecule has 0 atom stereocenters. The Morgan fingerprint density at radius 3 is 2.71 bits per heavy atom. The summed E-state index contributed by atoms with van der Waals surface area (Å²) in [6, 6.07) is 6.16. The van der Waals surface area contributed by atoms with Crippen molar-refractivity contribution in [1.82, 2.24) is 19.9 Å². The Kier molecular flexibility index (Phi) is 3.81. The highest BCUT2D eigenvalue weighted by Crippen LogP contribution is 2.22. The molecule has 0 unspecified atom stereocenters. The van der Waals surface area contributed by atoms with Crippen LogP contribution >= 0.6 is 0 Å². The Balaban J connectivity index is 1.57. The van der Waals surface area contributed by atoms with Crippen LogP contribution in [0.15, 0.2) is 36.7 Å². The number of halogens is 1. The van der Waals surface area contributed by atoms with Crippen LogP contribution in [0, 0.1) is 5.82 Å². The van der Waals surface area contributed by atoms with Gasteiger partial charge in [0.25, 0.3) is 0 Å². The molecule has 1 N–H and O–H groups in total. The van der Waals surface area contributed by atoms with Crippen LogP contribution in [0.4, 0.5) is 14.9 Å². The number of likely N-dealkylation sites (tertiary alicyclic amines) is 1. The molecule has 7 heteroatoms. The SMILES string of the molecule is O=C(Nc1ccccc1F)N1CCC(n2ccnn2)CC1. The zero-order valence-corrected chi connectivity index (χ0v) is 11.4. The number of carbonyl (C=O) groups is 1. The first kappa shape index (κ1) is 13.5. The van der Waals surface area contributed by atoms with Crippen molar-refractivity contribution in [2.24, 2.45) is 0 Å². The number of nitrogens with zero attached hydrogens (tertiary/aromatic N) is 4. The molecule has 1 fully saturated rings. The lowest BCUT2D eigenvalue weighted by atomic mass is 10.1. The first-order valence-electron chi connectivity index (χ1n) is 6.90. The smallest absolute Gasteiger partial charge is 0.321 e. The third kappa shape index (κ3) is 3.01. The van der Waals surface area contributed by atoms with E-state index in [1.165, 1.54) is 6.07 Å². The number of para-hydroxylation sites is 1. The number of hydrogen-bond acceptors (Lipinski definition) is 3. The summed E-state index contributed by atoms with van der Waals surface area (Å²) in [5, 5.41) is 10.4. The molecule has 6 nitrogen and oxygen atoms in total. The lowest BCUT2D eigenvalue weighted by Crippen LogP contribution is -2.41. The van der Waals surface area contributed by atoms with Gasteiger partial charge in [-0.2, -0.15) is 0 Å². The lowest BCUT2D eigenvalue weighted by Gasteiger charge is -2.31. The van der Waals surface area contributed by atoms with Gasteiger partial charge in [0.2, 0.25) is 0 Å². The molecule has 1 aliphatic rings. The van der Waals surface area contributed by atoms with Gasteiger partial charge in [0.15, 0.2) is 0 Å². The molecular weight excluding hydrogens is 273 g/mol. The first-order chi connectivity index (χ1) is 10.2. The Labute approximate surface area is 121 Å². The van der Waals surface area contributed by atoms with Gasteiger partial charge in [0.05, 0.1) is 17.9 Å². The number of amides is 2. The topological polar surface area (TPSA) is 63.1 Å². The molecule has 1 saturated heterocycles. The Hall–Kier alpha value is -2.44. The van der Waals surface area contributed by atoms with Gasteiger partial charge in [0, 0.05) is 19.3 Å². The molecule has 2 heterocycles. The molecule has 21 heavy (non-hydrogen) atoms. The second-order valence-electron chi connectivity index (χ2n) is 5.01. The maximum atomic E-state index is 13.5. The fourth-order valence-corrected chi connectivity index (χ4v) is 2.50. The molecule has 0 spiro atoms. The Bertz CT molecular complexity index is 608. The van der Waals surface area contributed by atoms with E-state index in [0.717, 1.165) is 12.8 Å². The van der Waals surface area contributed by atoms with Gasteiger partial charge in [-0.3, -0.25) is 0 Å². The quantitative estimate of drug-likeness (QED) is 0.922. The number of benzene rings is 1. The first-order valence-corrected chi connectivity index (χ1v) is 6.90. The summed E-state index contributed by atoms with van der Waals surface area (Å²) in [4.78, 5) is 13.8. The molecule has 0 saturated carbocycles. The fourth-order valence-electron chi connectivity index (χ4n) is 2.50. The van der Waals surface area contributed by atoms with Crippen molar-refractivity contribution in [2.45, 2.75) is 18.9 Å². The third-order valence-corrected chi connectivity index (χ3v) is 3.68. The number of nitrogens with one attached hydrogen (secondary N) is 1. The largest absolute Gasteiger partial charge is 0.324 e. The van der Waals surface area contributed by atoms with Gasteiger partial charge in [-0.15, -0.1) is 5.10 Å². The summed E-state index contributed by atoms with van der Waals surface area (Å²) >= 11 is 0. The molecular formula is C14H16FN5O. The molecule has 0 radical (unpaired) electrons. The lowest BCUT2D eigenvalue weighted by molar-refractivity contribution is 0.179. The number of piperidine rings is 1. The molecule has 0 bridgehead atoms. The second kappa shape index (κ2) is 5.90. The number of aromatic nitrogens is 3. The van der Waals surface area contributed by atoms with Crippen LogP contribution in [-0.2, 0) is 0 Å². The van der Waals surface area contributed by atoms with Crippen LogP contribution in [0.25, 0.3) is 0 Å². The van der Waals surface area contributed by atoms with Crippen molar-refractivity contribution in [1.29, 1.82) is 0 Å². The van der Waals surface area contributed by atoms with Gasteiger partial charge >= 0.3 is 6.03 Å². The van der Waals surface area contributed by atoms with E-state index in [1.54, 1.807) is 29.3 Å². The Morgan fingerprint density at radius 1 is 1.29 bits per heavy atom. The van der Waals surface area contributed by atoms with Crippen LogP contribution in [0.3, 0.4) is 0 Å². The zero-order chi connectivity index (χ0) is 14.7. The van der Waals surface area contributed by atoms with Crippen molar-refractivity contribution in [2.75, 3.05) is 18.4 Å². The summed E-state index contributed by atoms with van der Waals surface area (Å²) in [6.07, 6.45) is 5.11. The molecule has 0 aliphatic carbocycles. The van der Waals surface area contributed by atoms with Crippen molar-refractivity contribution in [3.8, 4) is 0 Å². The summed E-state index contributed by atoms with van der Waals surface area (Å²) in [5.74, 6) is -0.427. The predicted octanol–water partition coefficient (Wildman–Crippen LogP) is 2.29. The molecule has 1 aliphatic heterocycles. The highest BCUT2D eigenvalue weighted by atomic mass is 19.1. The summed E-state index contributed by atoms with van der Waals surface area (Å²) in [5.41, 5.74) is 0.209. The number of hydrogen-bond donors (Lipinski definition) is 1. The predicted molar refractivity (Wildman–Crippen MR) is 75.3 cm³/mol. The monoisotopic (exact) mass is 289 g/mol. The van der Waals surface area contributed by atoms with Gasteiger partial charge in [-0.05, 0) is 25.0 Å². The van der Waals surface area contributed by atoms with Crippen molar-refractivity contribution < 1.29 is 9.18 Å².